The standard InChI is InChI=1S/C19H23NO4/c1-13-15-9-5-6-10-16(15)24-17(13)19(22)23-14(2)18(21)20-11-7-3-4-8-12-20/h5-6,9-10,14H,3-4,7-8,11-12H2,1-2H3/t14-/m1/s1. The van der Waals surface area contributed by atoms with Crippen molar-refractivity contribution in [3.05, 3.63) is 35.6 Å². The van der Waals surface area contributed by atoms with Gasteiger partial charge in [-0.05, 0) is 32.8 Å². The average Bonchev–Trinajstić information content (AvgIpc) is 2.77. The van der Waals surface area contributed by atoms with Crippen molar-refractivity contribution < 1.29 is 18.7 Å². The van der Waals surface area contributed by atoms with Crippen LogP contribution in [0.1, 0.15) is 48.7 Å². The molecule has 1 aromatic carbocycles. The Morgan fingerprint density at radius 3 is 2.46 bits per heavy atom. The molecule has 5 nitrogen and oxygen atoms in total. The molecule has 1 aliphatic rings. The van der Waals surface area contributed by atoms with E-state index in [0.717, 1.165) is 49.7 Å². The van der Waals surface area contributed by atoms with Gasteiger partial charge in [0.05, 0.1) is 0 Å². The van der Waals surface area contributed by atoms with E-state index in [9.17, 15) is 9.59 Å². The Balaban J connectivity index is 1.70. The number of furan rings is 1. The number of benzene rings is 1. The van der Waals surface area contributed by atoms with Crippen LogP contribution < -0.4 is 0 Å². The molecule has 1 atom stereocenters. The van der Waals surface area contributed by atoms with Gasteiger partial charge >= 0.3 is 5.97 Å². The van der Waals surface area contributed by atoms with Gasteiger partial charge in [-0.3, -0.25) is 4.79 Å². The fourth-order valence-electron chi connectivity index (χ4n) is 3.18. The molecule has 1 fully saturated rings. The summed E-state index contributed by atoms with van der Waals surface area (Å²) in [6.07, 6.45) is 3.51. The molecule has 24 heavy (non-hydrogen) atoms. The van der Waals surface area contributed by atoms with Crippen LogP contribution in [0.2, 0.25) is 0 Å². The quantitative estimate of drug-likeness (QED) is 0.806. The largest absolute Gasteiger partial charge is 0.449 e. The molecule has 0 unspecified atom stereocenters. The number of carbonyl (C=O) groups excluding carboxylic acids is 2. The van der Waals surface area contributed by atoms with Crippen LogP contribution >= 0.6 is 0 Å². The number of rotatable bonds is 3. The Morgan fingerprint density at radius 1 is 1.12 bits per heavy atom. The lowest BCUT2D eigenvalue weighted by Gasteiger charge is -2.23. The maximum absolute atomic E-state index is 12.5. The number of ether oxygens (including phenoxy) is 1. The molecular weight excluding hydrogens is 306 g/mol. The minimum absolute atomic E-state index is 0.126. The fourth-order valence-corrected chi connectivity index (χ4v) is 3.18. The van der Waals surface area contributed by atoms with Gasteiger partial charge in [0, 0.05) is 24.0 Å². The monoisotopic (exact) mass is 329 g/mol. The van der Waals surface area contributed by atoms with E-state index >= 15 is 0 Å². The molecule has 0 aliphatic carbocycles. The van der Waals surface area contributed by atoms with Crippen molar-refractivity contribution >= 4 is 22.8 Å². The first-order valence-electron chi connectivity index (χ1n) is 8.56. The maximum Gasteiger partial charge on any atom is 0.375 e. The van der Waals surface area contributed by atoms with Crippen LogP contribution in [0.4, 0.5) is 0 Å². The van der Waals surface area contributed by atoms with Crippen molar-refractivity contribution in [3.8, 4) is 0 Å². The van der Waals surface area contributed by atoms with Crippen LogP contribution in [-0.2, 0) is 9.53 Å². The highest BCUT2D eigenvalue weighted by molar-refractivity contribution is 5.97. The molecule has 1 saturated heterocycles. The summed E-state index contributed by atoms with van der Waals surface area (Å²) in [5.41, 5.74) is 1.39. The molecule has 5 heteroatoms. The lowest BCUT2D eigenvalue weighted by molar-refractivity contribution is -0.139. The molecule has 1 amide bonds. The Hall–Kier alpha value is -2.30. The van der Waals surface area contributed by atoms with E-state index in [4.69, 9.17) is 9.15 Å². The number of likely N-dealkylation sites (tertiary alicyclic amines) is 1. The van der Waals surface area contributed by atoms with E-state index in [0.29, 0.717) is 5.58 Å². The predicted molar refractivity (Wildman–Crippen MR) is 90.9 cm³/mol. The van der Waals surface area contributed by atoms with Crippen molar-refractivity contribution in [2.75, 3.05) is 13.1 Å². The number of nitrogens with zero attached hydrogens (tertiary/aromatic N) is 1. The number of hydrogen-bond acceptors (Lipinski definition) is 4. The predicted octanol–water partition coefficient (Wildman–Crippen LogP) is 3.69. The van der Waals surface area contributed by atoms with Gasteiger partial charge < -0.3 is 14.1 Å². The van der Waals surface area contributed by atoms with Gasteiger partial charge in [0.25, 0.3) is 5.91 Å². The molecule has 2 heterocycles. The van der Waals surface area contributed by atoms with E-state index < -0.39 is 12.1 Å². The number of fused-ring (bicyclic) bond motifs is 1. The van der Waals surface area contributed by atoms with Gasteiger partial charge in [0.1, 0.15) is 5.58 Å². The van der Waals surface area contributed by atoms with E-state index in [-0.39, 0.29) is 11.7 Å². The van der Waals surface area contributed by atoms with Crippen LogP contribution in [0.15, 0.2) is 28.7 Å². The third-order valence-electron chi connectivity index (χ3n) is 4.58. The van der Waals surface area contributed by atoms with E-state index in [1.165, 1.54) is 0 Å². The first-order chi connectivity index (χ1) is 11.6. The van der Waals surface area contributed by atoms with Gasteiger partial charge in [-0.25, -0.2) is 4.79 Å². The normalized spacial score (nSPS) is 16.7. The topological polar surface area (TPSA) is 59.8 Å². The Kier molecular flexibility index (Phi) is 4.88. The molecule has 0 radical (unpaired) electrons. The van der Waals surface area contributed by atoms with Crippen LogP contribution in [-0.4, -0.2) is 36.0 Å². The smallest absolute Gasteiger partial charge is 0.375 e. The summed E-state index contributed by atoms with van der Waals surface area (Å²) in [4.78, 5) is 26.7. The first kappa shape index (κ1) is 16.6. The summed E-state index contributed by atoms with van der Waals surface area (Å²) in [5, 5.41) is 0.885. The van der Waals surface area contributed by atoms with Gasteiger partial charge in [-0.15, -0.1) is 0 Å². The second-order valence-corrected chi connectivity index (χ2v) is 6.34. The zero-order valence-electron chi connectivity index (χ0n) is 14.2. The van der Waals surface area contributed by atoms with Crippen LogP contribution in [0.25, 0.3) is 11.0 Å². The number of carbonyl (C=O) groups is 2. The van der Waals surface area contributed by atoms with Crippen LogP contribution in [0, 0.1) is 6.92 Å². The molecular formula is C19H23NO4. The van der Waals surface area contributed by atoms with Crippen molar-refractivity contribution in [1.29, 1.82) is 0 Å². The van der Waals surface area contributed by atoms with Crippen molar-refractivity contribution in [2.45, 2.75) is 45.6 Å². The first-order valence-corrected chi connectivity index (χ1v) is 8.56. The molecule has 3 rings (SSSR count). The molecule has 0 N–H and O–H groups in total. The molecule has 1 aromatic heterocycles. The average molecular weight is 329 g/mol. The van der Waals surface area contributed by atoms with Crippen molar-refractivity contribution in [3.63, 3.8) is 0 Å². The lowest BCUT2D eigenvalue weighted by Crippen LogP contribution is -2.40. The van der Waals surface area contributed by atoms with Gasteiger partial charge in [-0.2, -0.15) is 0 Å². The summed E-state index contributed by atoms with van der Waals surface area (Å²) in [7, 11) is 0. The number of para-hydroxylation sites is 1. The molecule has 2 aromatic rings. The molecule has 0 spiro atoms. The number of esters is 1. The van der Waals surface area contributed by atoms with E-state index in [2.05, 4.69) is 0 Å². The molecule has 0 bridgehead atoms. The van der Waals surface area contributed by atoms with Gasteiger partial charge in [-0.1, -0.05) is 31.0 Å². The minimum Gasteiger partial charge on any atom is -0.449 e. The summed E-state index contributed by atoms with van der Waals surface area (Å²) in [5.74, 6) is -0.537. The highest BCUT2D eigenvalue weighted by Gasteiger charge is 2.27. The molecule has 128 valence electrons. The highest BCUT2D eigenvalue weighted by Crippen LogP contribution is 2.25. The Bertz CT molecular complexity index is 741. The number of aryl methyl sites for hydroxylation is 1. The van der Waals surface area contributed by atoms with Crippen molar-refractivity contribution in [1.82, 2.24) is 4.90 Å². The van der Waals surface area contributed by atoms with Gasteiger partial charge in [0.15, 0.2) is 6.10 Å². The Labute approximate surface area is 141 Å². The van der Waals surface area contributed by atoms with Crippen molar-refractivity contribution in [2.24, 2.45) is 0 Å². The molecule has 0 saturated carbocycles. The summed E-state index contributed by atoms with van der Waals surface area (Å²) < 4.78 is 11.0. The van der Waals surface area contributed by atoms with Crippen LogP contribution in [0.5, 0.6) is 0 Å². The Morgan fingerprint density at radius 2 is 1.79 bits per heavy atom. The van der Waals surface area contributed by atoms with E-state index in [1.54, 1.807) is 11.8 Å². The second-order valence-electron chi connectivity index (χ2n) is 6.34. The minimum atomic E-state index is -0.803. The number of amides is 1. The summed E-state index contributed by atoms with van der Waals surface area (Å²) >= 11 is 0. The third kappa shape index (κ3) is 3.30. The number of hydrogen-bond donors (Lipinski definition) is 0. The summed E-state index contributed by atoms with van der Waals surface area (Å²) in [6, 6.07) is 7.46. The molecule has 1 aliphatic heterocycles. The maximum atomic E-state index is 12.5. The zero-order valence-corrected chi connectivity index (χ0v) is 14.2. The SMILES string of the molecule is Cc1c(C(=O)O[C@H](C)C(=O)N2CCCCCC2)oc2ccccc12. The van der Waals surface area contributed by atoms with Gasteiger partial charge in [0.2, 0.25) is 5.76 Å². The lowest BCUT2D eigenvalue weighted by atomic mass is 10.1. The second kappa shape index (κ2) is 7.07. The highest BCUT2D eigenvalue weighted by atomic mass is 16.6. The van der Waals surface area contributed by atoms with Crippen LogP contribution in [0.3, 0.4) is 0 Å². The summed E-state index contributed by atoms with van der Waals surface area (Å²) in [6.45, 7) is 4.93. The zero-order chi connectivity index (χ0) is 17.1. The van der Waals surface area contributed by atoms with E-state index in [1.807, 2.05) is 31.2 Å². The third-order valence-corrected chi connectivity index (χ3v) is 4.58. The fraction of sp³-hybridized carbons (Fsp3) is 0.474.